The second-order valence-corrected chi connectivity index (χ2v) is 5.70. The van der Waals surface area contributed by atoms with E-state index in [0.29, 0.717) is 40.7 Å². The molecule has 1 aromatic heterocycles. The lowest BCUT2D eigenvalue weighted by Crippen LogP contribution is -2.16. The van der Waals surface area contributed by atoms with Crippen molar-refractivity contribution in [2.75, 3.05) is 13.2 Å². The van der Waals surface area contributed by atoms with Crippen molar-refractivity contribution in [1.82, 2.24) is 0 Å². The molecule has 1 aromatic carbocycles. The summed E-state index contributed by atoms with van der Waals surface area (Å²) in [6, 6.07) is 7.02. The van der Waals surface area contributed by atoms with Crippen LogP contribution in [0.3, 0.4) is 0 Å². The van der Waals surface area contributed by atoms with Gasteiger partial charge in [-0.3, -0.25) is 0 Å². The van der Waals surface area contributed by atoms with Crippen LogP contribution in [-0.2, 0) is 0 Å². The van der Waals surface area contributed by atoms with Crippen LogP contribution in [0, 0.1) is 0 Å². The summed E-state index contributed by atoms with van der Waals surface area (Å²) >= 11 is 6.65. The molecule has 0 aliphatic carbocycles. The van der Waals surface area contributed by atoms with E-state index in [2.05, 4.69) is 31.9 Å². The lowest BCUT2D eigenvalue weighted by Gasteiger charge is -2.21. The molecule has 0 fully saturated rings. The molecule has 3 rings (SSSR count). The maximum atomic E-state index is 10.3. The number of fused-ring (bicyclic) bond motifs is 1. The molecule has 4 nitrogen and oxygen atoms in total. The van der Waals surface area contributed by atoms with E-state index >= 15 is 0 Å². The topological polar surface area (TPSA) is 51.8 Å². The number of halogens is 2. The molecule has 1 aliphatic rings. The first-order valence-electron chi connectivity index (χ1n) is 5.67. The van der Waals surface area contributed by atoms with E-state index in [9.17, 15) is 5.11 Å². The molecule has 0 bridgehead atoms. The van der Waals surface area contributed by atoms with E-state index in [1.165, 1.54) is 0 Å². The van der Waals surface area contributed by atoms with Crippen molar-refractivity contribution in [3.8, 4) is 11.5 Å². The molecule has 0 spiro atoms. The monoisotopic (exact) mass is 388 g/mol. The van der Waals surface area contributed by atoms with E-state index in [0.717, 1.165) is 4.47 Å². The van der Waals surface area contributed by atoms with E-state index in [1.54, 1.807) is 24.3 Å². The molecule has 1 aliphatic heterocycles. The normalized spacial score (nSPS) is 15.3. The van der Waals surface area contributed by atoms with Crippen LogP contribution in [0.5, 0.6) is 11.5 Å². The molecule has 1 atom stereocenters. The Morgan fingerprint density at radius 3 is 2.37 bits per heavy atom. The molecule has 2 heterocycles. The zero-order valence-electron chi connectivity index (χ0n) is 9.73. The SMILES string of the molecule is OC(c1ccc(Br)o1)c1cc2c(cc1Br)OCCO2. The van der Waals surface area contributed by atoms with Crippen LogP contribution < -0.4 is 9.47 Å². The molecule has 6 heteroatoms. The Balaban J connectivity index is 2.00. The second kappa shape index (κ2) is 5.19. The Morgan fingerprint density at radius 2 is 1.74 bits per heavy atom. The Labute approximate surface area is 126 Å². The van der Waals surface area contributed by atoms with Gasteiger partial charge < -0.3 is 19.0 Å². The van der Waals surface area contributed by atoms with Crippen LogP contribution in [0.1, 0.15) is 17.4 Å². The van der Waals surface area contributed by atoms with Crippen LogP contribution >= 0.6 is 31.9 Å². The Hall–Kier alpha value is -0.980. The highest BCUT2D eigenvalue weighted by atomic mass is 79.9. The number of benzene rings is 1. The predicted molar refractivity (Wildman–Crippen MR) is 75.6 cm³/mol. The van der Waals surface area contributed by atoms with Crippen molar-refractivity contribution in [1.29, 1.82) is 0 Å². The van der Waals surface area contributed by atoms with Gasteiger partial charge in [0.25, 0.3) is 0 Å². The minimum Gasteiger partial charge on any atom is -0.486 e. The van der Waals surface area contributed by atoms with E-state index in [4.69, 9.17) is 13.9 Å². The van der Waals surface area contributed by atoms with Gasteiger partial charge in [0.1, 0.15) is 25.1 Å². The van der Waals surface area contributed by atoms with Gasteiger partial charge in [-0.1, -0.05) is 15.9 Å². The molecule has 1 unspecified atom stereocenters. The van der Waals surface area contributed by atoms with Crippen molar-refractivity contribution in [2.45, 2.75) is 6.10 Å². The van der Waals surface area contributed by atoms with Gasteiger partial charge in [0.15, 0.2) is 16.2 Å². The number of hydrogen-bond acceptors (Lipinski definition) is 4. The summed E-state index contributed by atoms with van der Waals surface area (Å²) in [4.78, 5) is 0. The molecular formula is C13H10Br2O4. The smallest absolute Gasteiger partial charge is 0.169 e. The summed E-state index contributed by atoms with van der Waals surface area (Å²) in [5.41, 5.74) is 0.672. The van der Waals surface area contributed by atoms with Crippen molar-refractivity contribution in [3.05, 3.63) is 44.7 Å². The molecule has 1 N–H and O–H groups in total. The van der Waals surface area contributed by atoms with Gasteiger partial charge in [0.05, 0.1) is 0 Å². The standard InChI is InChI=1S/C13H10Br2O4/c14-8-6-11-10(17-3-4-18-11)5-7(8)13(16)9-1-2-12(15)19-9/h1-2,5-6,13,16H,3-4H2. The Kier molecular flexibility index (Phi) is 3.56. The molecule has 0 saturated heterocycles. The fourth-order valence-corrected chi connectivity index (χ4v) is 2.78. The minimum absolute atomic E-state index is 0.462. The third-order valence-electron chi connectivity index (χ3n) is 2.82. The Morgan fingerprint density at radius 1 is 1.05 bits per heavy atom. The van der Waals surface area contributed by atoms with Crippen molar-refractivity contribution < 1.29 is 19.0 Å². The van der Waals surface area contributed by atoms with E-state index < -0.39 is 6.10 Å². The second-order valence-electron chi connectivity index (χ2n) is 4.06. The van der Waals surface area contributed by atoms with Crippen LogP contribution in [0.2, 0.25) is 0 Å². The first kappa shape index (κ1) is 13.0. The van der Waals surface area contributed by atoms with Gasteiger partial charge in [0.2, 0.25) is 0 Å². The molecular weight excluding hydrogens is 380 g/mol. The first-order chi connectivity index (χ1) is 9.15. The number of furan rings is 1. The lowest BCUT2D eigenvalue weighted by molar-refractivity contribution is 0.166. The lowest BCUT2D eigenvalue weighted by atomic mass is 10.1. The summed E-state index contributed by atoms with van der Waals surface area (Å²) < 4.78 is 17.7. The summed E-state index contributed by atoms with van der Waals surface area (Å²) in [6.45, 7) is 1.04. The molecule has 0 saturated carbocycles. The van der Waals surface area contributed by atoms with Crippen molar-refractivity contribution >= 4 is 31.9 Å². The average Bonchev–Trinajstić information content (AvgIpc) is 2.84. The van der Waals surface area contributed by atoms with Gasteiger partial charge in [0, 0.05) is 10.0 Å². The first-order valence-corrected chi connectivity index (χ1v) is 7.26. The summed E-state index contributed by atoms with van der Waals surface area (Å²) in [5, 5.41) is 10.3. The third-order valence-corrected chi connectivity index (χ3v) is 3.93. The fraction of sp³-hybridized carbons (Fsp3) is 0.231. The number of aliphatic hydroxyl groups is 1. The minimum atomic E-state index is -0.864. The maximum absolute atomic E-state index is 10.3. The van der Waals surface area contributed by atoms with Crippen LogP contribution in [0.4, 0.5) is 0 Å². The van der Waals surface area contributed by atoms with Crippen molar-refractivity contribution in [3.63, 3.8) is 0 Å². The predicted octanol–water partition coefficient (Wildman–Crippen LogP) is 3.66. The largest absolute Gasteiger partial charge is 0.486 e. The number of rotatable bonds is 2. The molecule has 0 amide bonds. The fourth-order valence-electron chi connectivity index (χ4n) is 1.92. The van der Waals surface area contributed by atoms with Crippen LogP contribution in [0.15, 0.2) is 37.8 Å². The molecule has 19 heavy (non-hydrogen) atoms. The zero-order chi connectivity index (χ0) is 13.4. The highest BCUT2D eigenvalue weighted by molar-refractivity contribution is 9.10. The van der Waals surface area contributed by atoms with Gasteiger partial charge in [-0.25, -0.2) is 0 Å². The third kappa shape index (κ3) is 2.52. The van der Waals surface area contributed by atoms with Crippen LogP contribution in [-0.4, -0.2) is 18.3 Å². The molecule has 100 valence electrons. The highest BCUT2D eigenvalue weighted by Gasteiger charge is 2.22. The average molecular weight is 390 g/mol. The number of hydrogen-bond donors (Lipinski definition) is 1. The van der Waals surface area contributed by atoms with Gasteiger partial charge in [-0.2, -0.15) is 0 Å². The number of aliphatic hydroxyl groups excluding tert-OH is 1. The summed E-state index contributed by atoms with van der Waals surface area (Å²) in [5.74, 6) is 1.77. The van der Waals surface area contributed by atoms with Gasteiger partial charge in [-0.15, -0.1) is 0 Å². The summed E-state index contributed by atoms with van der Waals surface area (Å²) in [7, 11) is 0. The number of ether oxygens (including phenoxy) is 2. The molecule has 2 aromatic rings. The van der Waals surface area contributed by atoms with Crippen LogP contribution in [0.25, 0.3) is 0 Å². The summed E-state index contributed by atoms with van der Waals surface area (Å²) in [6.07, 6.45) is -0.864. The maximum Gasteiger partial charge on any atom is 0.169 e. The van der Waals surface area contributed by atoms with Gasteiger partial charge >= 0.3 is 0 Å². The van der Waals surface area contributed by atoms with E-state index in [1.807, 2.05) is 0 Å². The van der Waals surface area contributed by atoms with Gasteiger partial charge in [-0.05, 0) is 40.2 Å². The quantitative estimate of drug-likeness (QED) is 0.851. The zero-order valence-corrected chi connectivity index (χ0v) is 12.9. The Bertz CT molecular complexity index is 609. The highest BCUT2D eigenvalue weighted by Crippen LogP contribution is 2.39. The van der Waals surface area contributed by atoms with E-state index in [-0.39, 0.29) is 0 Å². The molecule has 0 radical (unpaired) electrons. The van der Waals surface area contributed by atoms with Crippen molar-refractivity contribution in [2.24, 2.45) is 0 Å².